The Bertz CT molecular complexity index is 302. The fourth-order valence-electron chi connectivity index (χ4n) is 2.05. The molecule has 0 aromatic carbocycles. The Morgan fingerprint density at radius 1 is 1.05 bits per heavy atom. The second-order valence-electron chi connectivity index (χ2n) is 4.39. The van der Waals surface area contributed by atoms with Crippen molar-refractivity contribution in [3.8, 4) is 0 Å². The van der Waals surface area contributed by atoms with Gasteiger partial charge in [-0.05, 0) is 19.8 Å². The predicted octanol–water partition coefficient (Wildman–Crippen LogP) is 2.78. The van der Waals surface area contributed by atoms with Crippen molar-refractivity contribution >= 4 is 14.8 Å². The maximum absolute atomic E-state index is 11.2. The summed E-state index contributed by atoms with van der Waals surface area (Å²) in [5.74, 6) is -0.950. The van der Waals surface area contributed by atoms with Crippen LogP contribution in [0.25, 0.3) is 0 Å². The molecular formula is C13H26O5Si. The molecule has 0 amide bonds. The summed E-state index contributed by atoms with van der Waals surface area (Å²) in [6.45, 7) is 3.72. The highest BCUT2D eigenvalue weighted by Crippen LogP contribution is 2.26. The van der Waals surface area contributed by atoms with Crippen LogP contribution in [0, 0.1) is 0 Å². The van der Waals surface area contributed by atoms with Crippen molar-refractivity contribution in [1.29, 1.82) is 0 Å². The summed E-state index contributed by atoms with van der Waals surface area (Å²) >= 11 is 0. The Labute approximate surface area is 116 Å². The molecule has 6 heteroatoms. The predicted molar refractivity (Wildman–Crippen MR) is 75.9 cm³/mol. The van der Waals surface area contributed by atoms with Crippen molar-refractivity contribution in [2.45, 2.75) is 46.0 Å². The maximum atomic E-state index is 11.2. The van der Waals surface area contributed by atoms with Gasteiger partial charge in [-0.1, -0.05) is 26.2 Å². The van der Waals surface area contributed by atoms with E-state index >= 15 is 0 Å². The van der Waals surface area contributed by atoms with Gasteiger partial charge in [0, 0.05) is 32.1 Å². The minimum Gasteiger partial charge on any atom is -0.478 e. The van der Waals surface area contributed by atoms with Gasteiger partial charge in [-0.3, -0.25) is 0 Å². The number of allylic oxidation sites excluding steroid dienone is 1. The van der Waals surface area contributed by atoms with E-state index in [0.717, 1.165) is 25.7 Å². The zero-order chi connectivity index (χ0) is 14.9. The van der Waals surface area contributed by atoms with Gasteiger partial charge >= 0.3 is 14.8 Å². The number of hydrogen-bond acceptors (Lipinski definition) is 4. The number of aliphatic carboxylic acids is 1. The van der Waals surface area contributed by atoms with Crippen LogP contribution in [-0.4, -0.2) is 41.2 Å². The second-order valence-corrected chi connectivity index (χ2v) is 7.33. The van der Waals surface area contributed by atoms with Gasteiger partial charge in [-0.15, -0.1) is 0 Å². The first-order chi connectivity index (χ1) is 8.98. The molecule has 0 aliphatic rings. The third kappa shape index (κ3) is 5.06. The Morgan fingerprint density at radius 2 is 1.58 bits per heavy atom. The molecule has 0 unspecified atom stereocenters. The van der Waals surface area contributed by atoms with Crippen LogP contribution >= 0.6 is 0 Å². The second kappa shape index (κ2) is 9.25. The number of unbranched alkanes of at least 4 members (excludes halogenated alkanes) is 3. The largest absolute Gasteiger partial charge is 0.532 e. The first kappa shape index (κ1) is 18.3. The molecule has 0 aliphatic heterocycles. The lowest BCUT2D eigenvalue weighted by atomic mass is 10.1. The Balaban J connectivity index is 5.17. The van der Waals surface area contributed by atoms with Gasteiger partial charge < -0.3 is 18.4 Å². The average molecular weight is 290 g/mol. The van der Waals surface area contributed by atoms with Crippen LogP contribution in [0.5, 0.6) is 0 Å². The number of hydrogen-bond donors (Lipinski definition) is 1. The van der Waals surface area contributed by atoms with Gasteiger partial charge in [0.05, 0.1) is 0 Å². The molecule has 0 saturated carbocycles. The molecule has 1 N–H and O–H groups in total. The summed E-state index contributed by atoms with van der Waals surface area (Å²) in [5, 5.41) is 9.87. The van der Waals surface area contributed by atoms with Gasteiger partial charge in [0.1, 0.15) is 0 Å². The molecule has 19 heavy (non-hydrogen) atoms. The molecule has 0 spiro atoms. The highest BCUT2D eigenvalue weighted by molar-refractivity contribution is 6.69. The Hall–Kier alpha value is -0.693. The van der Waals surface area contributed by atoms with Gasteiger partial charge in [0.15, 0.2) is 0 Å². The quantitative estimate of drug-likeness (QED) is 0.381. The zero-order valence-corrected chi connectivity index (χ0v) is 13.6. The van der Waals surface area contributed by atoms with E-state index in [0.29, 0.717) is 11.6 Å². The first-order valence-electron chi connectivity index (χ1n) is 6.58. The minimum absolute atomic E-state index is 0.272. The van der Waals surface area contributed by atoms with Crippen LogP contribution in [-0.2, 0) is 18.1 Å². The maximum Gasteiger partial charge on any atom is 0.532 e. The molecule has 0 rings (SSSR count). The topological polar surface area (TPSA) is 65.0 Å². The van der Waals surface area contributed by atoms with Crippen molar-refractivity contribution in [2.24, 2.45) is 0 Å². The van der Waals surface area contributed by atoms with Crippen LogP contribution < -0.4 is 0 Å². The molecule has 0 radical (unpaired) electrons. The summed E-state index contributed by atoms with van der Waals surface area (Å²) in [6, 6.07) is 0. The van der Waals surface area contributed by atoms with Crippen LogP contribution in [0.2, 0.25) is 0 Å². The van der Waals surface area contributed by atoms with E-state index in [4.69, 9.17) is 13.3 Å². The number of carbonyl (C=O) groups is 1. The van der Waals surface area contributed by atoms with Crippen LogP contribution in [0.3, 0.4) is 0 Å². The van der Waals surface area contributed by atoms with Gasteiger partial charge in [0.25, 0.3) is 0 Å². The standard InChI is InChI=1S/C13H26O5Si/c1-6-7-8-9-10-12(11(2)13(14)15)19(16-3,17-4)18-5/h6-10H2,1-5H3,(H,14,15). The van der Waals surface area contributed by atoms with Crippen LogP contribution in [0.4, 0.5) is 0 Å². The van der Waals surface area contributed by atoms with E-state index < -0.39 is 14.8 Å². The molecule has 0 aromatic rings. The zero-order valence-electron chi connectivity index (χ0n) is 12.6. The fourth-order valence-corrected chi connectivity index (χ4v) is 4.34. The molecule has 0 atom stereocenters. The Kier molecular flexibility index (Phi) is 8.91. The summed E-state index contributed by atoms with van der Waals surface area (Å²) in [7, 11) is 1.47. The lowest BCUT2D eigenvalue weighted by molar-refractivity contribution is -0.132. The van der Waals surface area contributed by atoms with Crippen LogP contribution in [0.1, 0.15) is 46.0 Å². The molecule has 0 heterocycles. The van der Waals surface area contributed by atoms with Crippen molar-refractivity contribution < 1.29 is 23.2 Å². The van der Waals surface area contributed by atoms with Crippen molar-refractivity contribution in [3.63, 3.8) is 0 Å². The lowest BCUT2D eigenvalue weighted by Gasteiger charge is -2.28. The molecule has 0 fully saturated rings. The van der Waals surface area contributed by atoms with Crippen LogP contribution in [0.15, 0.2) is 10.8 Å². The Morgan fingerprint density at radius 3 is 1.95 bits per heavy atom. The third-order valence-electron chi connectivity index (χ3n) is 3.23. The first-order valence-corrected chi connectivity index (χ1v) is 8.30. The molecule has 0 aliphatic carbocycles. The van der Waals surface area contributed by atoms with Crippen molar-refractivity contribution in [3.05, 3.63) is 10.8 Å². The minimum atomic E-state index is -3.03. The van der Waals surface area contributed by atoms with Crippen molar-refractivity contribution in [2.75, 3.05) is 21.3 Å². The number of carboxylic acids is 1. The summed E-state index contributed by atoms with van der Waals surface area (Å²) in [5.41, 5.74) is 0.272. The van der Waals surface area contributed by atoms with E-state index in [2.05, 4.69) is 6.92 Å². The van der Waals surface area contributed by atoms with Crippen molar-refractivity contribution in [1.82, 2.24) is 0 Å². The lowest BCUT2D eigenvalue weighted by Crippen LogP contribution is -2.46. The van der Waals surface area contributed by atoms with Gasteiger partial charge in [-0.2, -0.15) is 0 Å². The SMILES string of the molecule is CCCCCCC(=C(C)C(=O)O)[Si](OC)(OC)OC. The third-order valence-corrected chi connectivity index (χ3v) is 6.21. The smallest absolute Gasteiger partial charge is 0.478 e. The number of rotatable bonds is 10. The fraction of sp³-hybridized carbons (Fsp3) is 0.769. The molecule has 0 bridgehead atoms. The average Bonchev–Trinajstić information content (AvgIpc) is 2.42. The molecular weight excluding hydrogens is 264 g/mol. The molecule has 0 aromatic heterocycles. The molecule has 0 saturated heterocycles. The van der Waals surface area contributed by atoms with E-state index in [9.17, 15) is 9.90 Å². The van der Waals surface area contributed by atoms with E-state index in [1.54, 1.807) is 6.92 Å². The normalized spacial score (nSPS) is 13.3. The van der Waals surface area contributed by atoms with E-state index in [1.807, 2.05) is 0 Å². The summed E-state index contributed by atoms with van der Waals surface area (Å²) < 4.78 is 16.2. The van der Waals surface area contributed by atoms with Gasteiger partial charge in [-0.25, -0.2) is 4.79 Å². The van der Waals surface area contributed by atoms with Gasteiger partial charge in [0.2, 0.25) is 0 Å². The molecule has 5 nitrogen and oxygen atoms in total. The molecule has 112 valence electrons. The summed E-state index contributed by atoms with van der Waals surface area (Å²) in [6.07, 6.45) is 4.90. The monoisotopic (exact) mass is 290 g/mol. The number of carboxylic acid groups (broad SMARTS) is 1. The highest BCUT2D eigenvalue weighted by atomic mass is 28.4. The van der Waals surface area contributed by atoms with E-state index in [-0.39, 0.29) is 5.57 Å². The highest BCUT2D eigenvalue weighted by Gasteiger charge is 2.44. The summed E-state index contributed by atoms with van der Waals surface area (Å²) in [4.78, 5) is 11.2. The van der Waals surface area contributed by atoms with E-state index in [1.165, 1.54) is 21.3 Å².